The molecule has 1 heterocycles. The summed E-state index contributed by atoms with van der Waals surface area (Å²) in [6, 6.07) is 8.87. The van der Waals surface area contributed by atoms with Crippen LogP contribution in [0.1, 0.15) is 20.8 Å². The van der Waals surface area contributed by atoms with Gasteiger partial charge in [0.2, 0.25) is 0 Å². The first kappa shape index (κ1) is 21.4. The van der Waals surface area contributed by atoms with Gasteiger partial charge in [0.25, 0.3) is 5.91 Å². The van der Waals surface area contributed by atoms with Crippen LogP contribution in [-0.2, 0) is 0 Å². The maximum atomic E-state index is 13.4. The van der Waals surface area contributed by atoms with Crippen molar-refractivity contribution >= 4 is 40.8 Å². The number of amides is 1. The zero-order chi connectivity index (χ0) is 21.8. The Balaban J connectivity index is 1.97. The number of carboxylic acid groups (broad SMARTS) is 1. The van der Waals surface area contributed by atoms with E-state index in [0.29, 0.717) is 0 Å². The van der Waals surface area contributed by atoms with Crippen LogP contribution in [0, 0.1) is 5.82 Å². The largest absolute Gasteiger partial charge is 0.493 e. The molecule has 3 rings (SSSR count). The van der Waals surface area contributed by atoms with E-state index in [2.05, 4.69) is 10.3 Å². The van der Waals surface area contributed by atoms with Gasteiger partial charge in [0.1, 0.15) is 17.3 Å². The van der Waals surface area contributed by atoms with Crippen molar-refractivity contribution in [2.45, 2.75) is 0 Å². The third-order valence-corrected chi connectivity index (χ3v) is 4.57. The minimum absolute atomic E-state index is 0.00413. The normalized spacial score (nSPS) is 10.4. The minimum atomic E-state index is -1.24. The number of halogens is 3. The summed E-state index contributed by atoms with van der Waals surface area (Å²) in [5.41, 5.74) is -0.0392. The van der Waals surface area contributed by atoms with Crippen LogP contribution < -0.4 is 14.8 Å². The molecule has 0 aliphatic rings. The number of aromatic nitrogens is 1. The van der Waals surface area contributed by atoms with E-state index in [0.717, 1.165) is 6.07 Å². The van der Waals surface area contributed by atoms with Gasteiger partial charge in [-0.15, -0.1) is 0 Å². The predicted molar refractivity (Wildman–Crippen MR) is 109 cm³/mol. The van der Waals surface area contributed by atoms with E-state index < -0.39 is 17.7 Å². The van der Waals surface area contributed by atoms with E-state index in [-0.39, 0.29) is 44.2 Å². The van der Waals surface area contributed by atoms with Crippen molar-refractivity contribution in [3.05, 3.63) is 75.8 Å². The molecule has 0 aliphatic carbocycles. The number of hydrogen-bond acceptors (Lipinski definition) is 5. The van der Waals surface area contributed by atoms with Crippen LogP contribution in [0.25, 0.3) is 0 Å². The summed E-state index contributed by atoms with van der Waals surface area (Å²) >= 11 is 12.1. The Kier molecular flexibility index (Phi) is 6.39. The number of nitrogens with one attached hydrogen (secondary N) is 1. The second-order valence-corrected chi connectivity index (χ2v) is 6.66. The molecule has 3 aromatic rings. The Labute approximate surface area is 180 Å². The summed E-state index contributed by atoms with van der Waals surface area (Å²) in [5, 5.41) is 11.8. The van der Waals surface area contributed by atoms with Crippen LogP contribution in [0.4, 0.5) is 10.1 Å². The van der Waals surface area contributed by atoms with E-state index in [1.54, 1.807) is 0 Å². The third-order valence-electron chi connectivity index (χ3n) is 3.85. The number of carboxylic acids is 1. The van der Waals surface area contributed by atoms with Crippen molar-refractivity contribution in [3.63, 3.8) is 0 Å². The van der Waals surface area contributed by atoms with Crippen molar-refractivity contribution in [2.24, 2.45) is 0 Å². The average molecular weight is 451 g/mol. The lowest BCUT2D eigenvalue weighted by Crippen LogP contribution is -2.14. The Bertz CT molecular complexity index is 1140. The molecule has 1 amide bonds. The number of methoxy groups -OCH3 is 1. The molecule has 0 saturated carbocycles. The van der Waals surface area contributed by atoms with Gasteiger partial charge in [-0.2, -0.15) is 0 Å². The molecule has 0 unspecified atom stereocenters. The molecule has 30 heavy (non-hydrogen) atoms. The molecule has 1 aromatic heterocycles. The van der Waals surface area contributed by atoms with E-state index in [1.807, 2.05) is 0 Å². The van der Waals surface area contributed by atoms with Crippen LogP contribution in [-0.4, -0.2) is 29.1 Å². The van der Waals surface area contributed by atoms with Gasteiger partial charge in [0.15, 0.2) is 11.5 Å². The van der Waals surface area contributed by atoms with E-state index >= 15 is 0 Å². The molecule has 0 fully saturated rings. The molecule has 0 aliphatic heterocycles. The van der Waals surface area contributed by atoms with Crippen LogP contribution in [0.3, 0.4) is 0 Å². The standard InChI is InChI=1S/C20H13Cl2FN2O5/c1-29-18-6-10(23)2-3-16(18)30-17-9-14(22)13(21)8-12(17)19(26)25-11-4-5-24-15(7-11)20(27)28/h2-9H,1H3,(H,27,28)(H,24,25,26). The zero-order valence-electron chi connectivity index (χ0n) is 15.3. The highest BCUT2D eigenvalue weighted by Crippen LogP contribution is 2.37. The van der Waals surface area contributed by atoms with Crippen LogP contribution in [0.15, 0.2) is 48.7 Å². The Morgan fingerprint density at radius 2 is 1.77 bits per heavy atom. The number of carbonyl (C=O) groups excluding carboxylic acids is 1. The Morgan fingerprint density at radius 1 is 1.03 bits per heavy atom. The summed E-state index contributed by atoms with van der Waals surface area (Å²) in [7, 11) is 1.34. The van der Waals surface area contributed by atoms with Gasteiger partial charge in [-0.05, 0) is 30.3 Å². The number of aromatic carboxylic acids is 1. The summed E-state index contributed by atoms with van der Waals surface area (Å²) in [6.45, 7) is 0. The fourth-order valence-corrected chi connectivity index (χ4v) is 2.78. The zero-order valence-corrected chi connectivity index (χ0v) is 16.8. The second-order valence-electron chi connectivity index (χ2n) is 5.85. The fourth-order valence-electron chi connectivity index (χ4n) is 2.46. The summed E-state index contributed by atoms with van der Waals surface area (Å²) < 4.78 is 24.3. The van der Waals surface area contributed by atoms with Crippen molar-refractivity contribution in [3.8, 4) is 17.2 Å². The van der Waals surface area contributed by atoms with Gasteiger partial charge in [0, 0.05) is 24.0 Å². The maximum Gasteiger partial charge on any atom is 0.354 e. The molecule has 0 spiro atoms. The topological polar surface area (TPSA) is 97.8 Å². The van der Waals surface area contributed by atoms with Crippen molar-refractivity contribution in [1.29, 1.82) is 0 Å². The number of carbonyl (C=O) groups is 2. The molecular weight excluding hydrogens is 438 g/mol. The number of pyridine rings is 1. The first-order valence-electron chi connectivity index (χ1n) is 8.29. The summed E-state index contributed by atoms with van der Waals surface area (Å²) in [5.74, 6) is -2.14. The van der Waals surface area contributed by atoms with Gasteiger partial charge in [-0.25, -0.2) is 14.2 Å². The van der Waals surface area contributed by atoms with E-state index in [1.165, 1.54) is 49.7 Å². The fraction of sp³-hybridized carbons (Fsp3) is 0.0500. The van der Waals surface area contributed by atoms with E-state index in [4.69, 9.17) is 37.8 Å². The Morgan fingerprint density at radius 3 is 2.47 bits per heavy atom. The number of nitrogens with zero attached hydrogens (tertiary/aromatic N) is 1. The van der Waals surface area contributed by atoms with Gasteiger partial charge < -0.3 is 19.9 Å². The van der Waals surface area contributed by atoms with Gasteiger partial charge in [-0.3, -0.25) is 4.79 Å². The van der Waals surface area contributed by atoms with Crippen LogP contribution in [0.5, 0.6) is 17.2 Å². The van der Waals surface area contributed by atoms with E-state index in [9.17, 15) is 14.0 Å². The quantitative estimate of drug-likeness (QED) is 0.530. The molecule has 2 N–H and O–H groups in total. The van der Waals surface area contributed by atoms with Gasteiger partial charge >= 0.3 is 5.97 Å². The van der Waals surface area contributed by atoms with Crippen molar-refractivity contribution in [2.75, 3.05) is 12.4 Å². The Hall–Kier alpha value is -3.36. The summed E-state index contributed by atoms with van der Waals surface area (Å²) in [4.78, 5) is 27.6. The number of rotatable bonds is 6. The number of ether oxygens (including phenoxy) is 2. The van der Waals surface area contributed by atoms with Crippen LogP contribution >= 0.6 is 23.2 Å². The highest BCUT2D eigenvalue weighted by Gasteiger charge is 2.19. The molecule has 2 aromatic carbocycles. The predicted octanol–water partition coefficient (Wildman–Crippen LogP) is 5.28. The lowest BCUT2D eigenvalue weighted by atomic mass is 10.1. The molecular formula is C20H13Cl2FN2O5. The van der Waals surface area contributed by atoms with Gasteiger partial charge in [0.05, 0.1) is 22.7 Å². The molecule has 0 atom stereocenters. The maximum absolute atomic E-state index is 13.4. The number of hydrogen-bond donors (Lipinski definition) is 2. The lowest BCUT2D eigenvalue weighted by Gasteiger charge is -2.15. The molecule has 0 saturated heterocycles. The number of anilines is 1. The van der Waals surface area contributed by atoms with Crippen molar-refractivity contribution < 1.29 is 28.6 Å². The minimum Gasteiger partial charge on any atom is -0.493 e. The summed E-state index contributed by atoms with van der Waals surface area (Å²) in [6.07, 6.45) is 1.24. The lowest BCUT2D eigenvalue weighted by molar-refractivity contribution is 0.0690. The highest BCUT2D eigenvalue weighted by atomic mass is 35.5. The molecule has 0 bridgehead atoms. The molecule has 7 nitrogen and oxygen atoms in total. The third kappa shape index (κ3) is 4.79. The first-order valence-corrected chi connectivity index (χ1v) is 9.05. The average Bonchev–Trinajstić information content (AvgIpc) is 2.71. The highest BCUT2D eigenvalue weighted by molar-refractivity contribution is 6.42. The smallest absolute Gasteiger partial charge is 0.354 e. The van der Waals surface area contributed by atoms with Crippen molar-refractivity contribution in [1.82, 2.24) is 4.98 Å². The first-order chi connectivity index (χ1) is 14.3. The number of benzene rings is 2. The van der Waals surface area contributed by atoms with Gasteiger partial charge in [-0.1, -0.05) is 23.2 Å². The monoisotopic (exact) mass is 450 g/mol. The second kappa shape index (κ2) is 8.98. The SMILES string of the molecule is COc1cc(F)ccc1Oc1cc(Cl)c(Cl)cc1C(=O)Nc1ccnc(C(=O)O)c1. The van der Waals surface area contributed by atoms with Crippen LogP contribution in [0.2, 0.25) is 10.0 Å². The molecule has 10 heteroatoms. The molecule has 154 valence electrons. The molecule has 0 radical (unpaired) electrons.